The van der Waals surface area contributed by atoms with Crippen LogP contribution < -0.4 is 11.1 Å². The number of hydrogen-bond donors (Lipinski definition) is 2. The molecule has 0 bridgehead atoms. The topological polar surface area (TPSA) is 64.3 Å². The highest BCUT2D eigenvalue weighted by atomic mass is 19.4. The lowest BCUT2D eigenvalue weighted by molar-refractivity contribution is -0.195. The Morgan fingerprint density at radius 1 is 1.32 bits per heavy atom. The molecule has 0 saturated carbocycles. The van der Waals surface area contributed by atoms with E-state index in [2.05, 4.69) is 4.74 Å². The van der Waals surface area contributed by atoms with Crippen LogP contribution in [0.2, 0.25) is 0 Å². The molecule has 0 aliphatic rings. The molecule has 3 N–H and O–H groups in total. The minimum atomic E-state index is -4.87. The molecule has 4 nitrogen and oxygen atoms in total. The second kappa shape index (κ2) is 5.43. The molecule has 0 spiro atoms. The predicted octanol–water partition coefficient (Wildman–Crippen LogP) is 1.90. The first-order valence-corrected chi connectivity index (χ1v) is 5.16. The van der Waals surface area contributed by atoms with E-state index >= 15 is 0 Å². The molecule has 0 aliphatic carbocycles. The normalized spacial score (nSPS) is 14.6. The minimum Gasteiger partial charge on any atom is -0.453 e. The molecule has 106 valence electrons. The fourth-order valence-electron chi connectivity index (χ4n) is 1.55. The third kappa shape index (κ3) is 2.95. The summed E-state index contributed by atoms with van der Waals surface area (Å²) in [6.07, 6.45) is -6.15. The van der Waals surface area contributed by atoms with Crippen LogP contribution in [0.3, 0.4) is 0 Å². The van der Waals surface area contributed by atoms with E-state index in [1.165, 1.54) is 0 Å². The molecule has 1 atom stereocenters. The van der Waals surface area contributed by atoms with Crippen molar-refractivity contribution in [3.8, 4) is 0 Å². The summed E-state index contributed by atoms with van der Waals surface area (Å²) in [4.78, 5) is 11.1. The van der Waals surface area contributed by atoms with Gasteiger partial charge in [-0.3, -0.25) is 0 Å². The summed E-state index contributed by atoms with van der Waals surface area (Å²) < 4.78 is 56.6. The number of halogens is 4. The molecule has 1 aromatic carbocycles. The van der Waals surface area contributed by atoms with Gasteiger partial charge in [0.2, 0.25) is 0 Å². The van der Waals surface area contributed by atoms with Gasteiger partial charge in [0, 0.05) is 6.54 Å². The molecule has 0 aliphatic heterocycles. The number of nitrogens with one attached hydrogen (secondary N) is 1. The smallest absolute Gasteiger partial charge is 0.417 e. The van der Waals surface area contributed by atoms with E-state index in [0.717, 1.165) is 31.4 Å². The highest BCUT2D eigenvalue weighted by molar-refractivity contribution is 5.69. The zero-order chi connectivity index (χ0) is 14.7. The summed E-state index contributed by atoms with van der Waals surface area (Å²) in [7, 11) is 0.928. The molecule has 0 radical (unpaired) electrons. The average Bonchev–Trinajstić information content (AvgIpc) is 2.35. The summed E-state index contributed by atoms with van der Waals surface area (Å²) in [6.45, 7) is -0.947. The molecular weight excluding hydrogens is 268 g/mol. The lowest BCUT2D eigenvalue weighted by atomic mass is 9.89. The number of ether oxygens (including phenoxy) is 1. The average molecular weight is 280 g/mol. The van der Waals surface area contributed by atoms with Crippen LogP contribution >= 0.6 is 0 Å². The molecule has 1 aromatic rings. The van der Waals surface area contributed by atoms with Crippen molar-refractivity contribution < 1.29 is 27.1 Å². The Kier molecular flexibility index (Phi) is 4.35. The maximum atomic E-state index is 13.2. The van der Waals surface area contributed by atoms with Crippen molar-refractivity contribution in [3.05, 3.63) is 35.6 Å². The van der Waals surface area contributed by atoms with Crippen LogP contribution in [0.4, 0.5) is 22.4 Å². The van der Waals surface area contributed by atoms with Crippen molar-refractivity contribution in [2.75, 3.05) is 13.7 Å². The van der Waals surface area contributed by atoms with Gasteiger partial charge in [-0.1, -0.05) is 12.1 Å². The monoisotopic (exact) mass is 280 g/mol. The molecule has 1 amide bonds. The molecule has 1 unspecified atom stereocenters. The summed E-state index contributed by atoms with van der Waals surface area (Å²) in [5, 5.41) is 1.67. The van der Waals surface area contributed by atoms with Crippen molar-refractivity contribution in [1.29, 1.82) is 0 Å². The summed E-state index contributed by atoms with van der Waals surface area (Å²) in [5.74, 6) is -0.699. The Balaban J connectivity index is 3.32. The number of alkyl halides is 3. The van der Waals surface area contributed by atoms with Gasteiger partial charge in [0.25, 0.3) is 0 Å². The highest BCUT2D eigenvalue weighted by Crippen LogP contribution is 2.38. The van der Waals surface area contributed by atoms with Gasteiger partial charge in [-0.2, -0.15) is 13.2 Å². The van der Waals surface area contributed by atoms with Crippen LogP contribution in [-0.4, -0.2) is 25.9 Å². The first-order chi connectivity index (χ1) is 8.76. The SMILES string of the molecule is COC(=O)NC(CN)(c1ccc(F)cc1)C(F)(F)F. The van der Waals surface area contributed by atoms with Gasteiger partial charge in [0.1, 0.15) is 5.82 Å². The van der Waals surface area contributed by atoms with Gasteiger partial charge in [-0.05, 0) is 17.7 Å². The van der Waals surface area contributed by atoms with E-state index in [-0.39, 0.29) is 5.56 Å². The number of rotatable bonds is 3. The number of methoxy groups -OCH3 is 1. The Bertz CT molecular complexity index is 447. The van der Waals surface area contributed by atoms with E-state index in [1.54, 1.807) is 5.32 Å². The van der Waals surface area contributed by atoms with Crippen LogP contribution in [0.25, 0.3) is 0 Å². The minimum absolute atomic E-state index is 0.380. The van der Waals surface area contributed by atoms with E-state index in [1.807, 2.05) is 0 Å². The van der Waals surface area contributed by atoms with Gasteiger partial charge < -0.3 is 15.8 Å². The van der Waals surface area contributed by atoms with Gasteiger partial charge in [0.15, 0.2) is 5.54 Å². The maximum absolute atomic E-state index is 13.2. The van der Waals surface area contributed by atoms with Gasteiger partial charge in [-0.25, -0.2) is 9.18 Å². The van der Waals surface area contributed by atoms with Crippen LogP contribution in [0.5, 0.6) is 0 Å². The Labute approximate surface area is 106 Å². The second-order valence-electron chi connectivity index (χ2n) is 3.73. The molecule has 19 heavy (non-hydrogen) atoms. The van der Waals surface area contributed by atoms with E-state index in [4.69, 9.17) is 5.73 Å². The fourth-order valence-corrected chi connectivity index (χ4v) is 1.55. The third-order valence-electron chi connectivity index (χ3n) is 2.63. The molecule has 0 fully saturated rings. The van der Waals surface area contributed by atoms with Gasteiger partial charge >= 0.3 is 12.3 Å². The first kappa shape index (κ1) is 15.2. The van der Waals surface area contributed by atoms with E-state index in [9.17, 15) is 22.4 Å². The fraction of sp³-hybridized carbons (Fsp3) is 0.364. The Morgan fingerprint density at radius 3 is 2.21 bits per heavy atom. The van der Waals surface area contributed by atoms with Gasteiger partial charge in [-0.15, -0.1) is 0 Å². The summed E-state index contributed by atoms with van der Waals surface area (Å²) in [6, 6.07) is 3.52. The lowest BCUT2D eigenvalue weighted by Gasteiger charge is -2.35. The Morgan fingerprint density at radius 2 is 1.84 bits per heavy atom. The van der Waals surface area contributed by atoms with Crippen LogP contribution in [0.15, 0.2) is 24.3 Å². The van der Waals surface area contributed by atoms with Gasteiger partial charge in [0.05, 0.1) is 7.11 Å². The summed E-state index contributed by atoms with van der Waals surface area (Å²) in [5.41, 5.74) is 1.98. The van der Waals surface area contributed by atoms with Crippen molar-refractivity contribution >= 4 is 6.09 Å². The predicted molar refractivity (Wildman–Crippen MR) is 58.7 cm³/mol. The number of carbonyl (C=O) groups excluding carboxylic acids is 1. The molecule has 0 saturated heterocycles. The first-order valence-electron chi connectivity index (χ1n) is 5.16. The van der Waals surface area contributed by atoms with Crippen LogP contribution in [0.1, 0.15) is 5.56 Å². The van der Waals surface area contributed by atoms with E-state index in [0.29, 0.717) is 0 Å². The molecule has 0 aromatic heterocycles. The van der Waals surface area contributed by atoms with Crippen molar-refractivity contribution in [2.45, 2.75) is 11.7 Å². The number of amides is 1. The largest absolute Gasteiger partial charge is 0.453 e. The zero-order valence-corrected chi connectivity index (χ0v) is 9.92. The molecule has 0 heterocycles. The standard InChI is InChI=1S/C11H12F4N2O2/c1-19-9(18)17-10(6-16,11(13,14)15)7-2-4-8(12)5-3-7/h2-5H,6,16H2,1H3,(H,17,18). The summed E-state index contributed by atoms with van der Waals surface area (Å²) >= 11 is 0. The van der Waals surface area contributed by atoms with Crippen molar-refractivity contribution in [3.63, 3.8) is 0 Å². The molecule has 8 heteroatoms. The van der Waals surface area contributed by atoms with E-state index < -0.39 is 30.2 Å². The van der Waals surface area contributed by atoms with Crippen molar-refractivity contribution in [2.24, 2.45) is 5.73 Å². The maximum Gasteiger partial charge on any atom is 0.417 e. The second-order valence-corrected chi connectivity index (χ2v) is 3.73. The highest BCUT2D eigenvalue weighted by Gasteiger charge is 2.56. The molecular formula is C11H12F4N2O2. The lowest BCUT2D eigenvalue weighted by Crippen LogP contribution is -2.60. The number of hydrogen-bond acceptors (Lipinski definition) is 3. The third-order valence-corrected chi connectivity index (χ3v) is 2.63. The number of carbonyl (C=O) groups is 1. The number of benzene rings is 1. The quantitative estimate of drug-likeness (QED) is 0.831. The molecule has 1 rings (SSSR count). The van der Waals surface area contributed by atoms with Crippen molar-refractivity contribution in [1.82, 2.24) is 5.32 Å². The Hall–Kier alpha value is -1.83. The zero-order valence-electron chi connectivity index (χ0n) is 9.92. The van der Waals surface area contributed by atoms with Crippen LogP contribution in [0, 0.1) is 5.82 Å². The number of nitrogens with two attached hydrogens (primary N) is 1. The number of alkyl carbamates (subject to hydrolysis) is 1. The van der Waals surface area contributed by atoms with Crippen LogP contribution in [-0.2, 0) is 10.3 Å².